The smallest absolute Gasteiger partial charge is 0.100 e. The number of hydrogen-bond acceptors (Lipinski definition) is 0. The third-order valence-electron chi connectivity index (χ3n) is 2.52. The third-order valence-corrected chi connectivity index (χ3v) is 2.52. The van der Waals surface area contributed by atoms with E-state index in [0.29, 0.717) is 6.42 Å². The van der Waals surface area contributed by atoms with Gasteiger partial charge in [-0.15, -0.1) is 0 Å². The lowest BCUT2D eigenvalue weighted by Crippen LogP contribution is -1.90. The standard InChI is InChI=1S/C13H13F/c1-10-2-4-11(5-3-10)12-6-8-13(14)9-7-12/h2-6,8H,7,9H2,1H3. The maximum absolute atomic E-state index is 12.8. The number of benzene rings is 1. The van der Waals surface area contributed by atoms with Crippen molar-refractivity contribution in [1.29, 1.82) is 0 Å². The highest BCUT2D eigenvalue weighted by molar-refractivity contribution is 5.68. The lowest BCUT2D eigenvalue weighted by atomic mass is 9.96. The van der Waals surface area contributed by atoms with Crippen molar-refractivity contribution < 1.29 is 4.39 Å². The minimum Gasteiger partial charge on any atom is -0.212 e. The van der Waals surface area contributed by atoms with Gasteiger partial charge < -0.3 is 0 Å². The molecule has 0 atom stereocenters. The van der Waals surface area contributed by atoms with Crippen LogP contribution in [-0.4, -0.2) is 0 Å². The van der Waals surface area contributed by atoms with Crippen LogP contribution in [0.5, 0.6) is 0 Å². The van der Waals surface area contributed by atoms with E-state index in [2.05, 4.69) is 31.2 Å². The van der Waals surface area contributed by atoms with Gasteiger partial charge in [0.15, 0.2) is 0 Å². The lowest BCUT2D eigenvalue weighted by molar-refractivity contribution is 0.590. The molecule has 0 heterocycles. The summed E-state index contributed by atoms with van der Waals surface area (Å²) in [4.78, 5) is 0. The van der Waals surface area contributed by atoms with E-state index >= 15 is 0 Å². The van der Waals surface area contributed by atoms with Gasteiger partial charge in [-0.05, 0) is 30.6 Å². The van der Waals surface area contributed by atoms with Crippen molar-refractivity contribution in [3.05, 3.63) is 53.4 Å². The molecule has 0 unspecified atom stereocenters. The van der Waals surface area contributed by atoms with Crippen LogP contribution >= 0.6 is 0 Å². The Morgan fingerprint density at radius 2 is 1.71 bits per heavy atom. The molecule has 1 aliphatic rings. The SMILES string of the molecule is Cc1ccc(C2=CC=C(F)CC2)cc1. The highest BCUT2D eigenvalue weighted by Gasteiger charge is 2.06. The average Bonchev–Trinajstić information content (AvgIpc) is 2.21. The molecule has 0 fully saturated rings. The fourth-order valence-corrected chi connectivity index (χ4v) is 1.62. The van der Waals surface area contributed by atoms with Crippen LogP contribution in [0.2, 0.25) is 0 Å². The number of allylic oxidation sites excluding steroid dienone is 4. The second-order valence-corrected chi connectivity index (χ2v) is 3.67. The van der Waals surface area contributed by atoms with Gasteiger partial charge in [0.1, 0.15) is 5.83 Å². The van der Waals surface area contributed by atoms with Crippen molar-refractivity contribution >= 4 is 5.57 Å². The summed E-state index contributed by atoms with van der Waals surface area (Å²) in [5.74, 6) is -0.0131. The molecular formula is C13H13F. The normalized spacial score (nSPS) is 16.1. The van der Waals surface area contributed by atoms with E-state index in [9.17, 15) is 4.39 Å². The molecule has 0 aliphatic heterocycles. The van der Waals surface area contributed by atoms with Crippen LogP contribution in [-0.2, 0) is 0 Å². The van der Waals surface area contributed by atoms with Crippen LogP contribution in [0.1, 0.15) is 24.0 Å². The van der Waals surface area contributed by atoms with Gasteiger partial charge in [0.05, 0.1) is 0 Å². The van der Waals surface area contributed by atoms with Crippen LogP contribution in [0, 0.1) is 6.92 Å². The molecule has 0 radical (unpaired) electrons. The van der Waals surface area contributed by atoms with Crippen molar-refractivity contribution in [3.63, 3.8) is 0 Å². The Balaban J connectivity index is 2.28. The minimum absolute atomic E-state index is 0.0131. The Morgan fingerprint density at radius 1 is 1.00 bits per heavy atom. The molecule has 1 aromatic rings. The van der Waals surface area contributed by atoms with E-state index in [0.717, 1.165) is 6.42 Å². The fourth-order valence-electron chi connectivity index (χ4n) is 1.62. The van der Waals surface area contributed by atoms with E-state index in [-0.39, 0.29) is 5.83 Å². The monoisotopic (exact) mass is 188 g/mol. The second kappa shape index (κ2) is 3.79. The summed E-state index contributed by atoms with van der Waals surface area (Å²) in [6.07, 6.45) is 4.80. The zero-order valence-corrected chi connectivity index (χ0v) is 8.26. The topological polar surface area (TPSA) is 0 Å². The molecule has 0 spiro atoms. The maximum Gasteiger partial charge on any atom is 0.100 e. The first-order valence-corrected chi connectivity index (χ1v) is 4.88. The van der Waals surface area contributed by atoms with Gasteiger partial charge in [-0.1, -0.05) is 35.9 Å². The summed E-state index contributed by atoms with van der Waals surface area (Å²) in [7, 11) is 0. The highest BCUT2D eigenvalue weighted by Crippen LogP contribution is 2.27. The Bertz CT molecular complexity index is 382. The summed E-state index contributed by atoms with van der Waals surface area (Å²) < 4.78 is 12.8. The first-order chi connectivity index (χ1) is 6.75. The van der Waals surface area contributed by atoms with Gasteiger partial charge in [0, 0.05) is 6.42 Å². The minimum atomic E-state index is -0.0131. The van der Waals surface area contributed by atoms with E-state index in [4.69, 9.17) is 0 Å². The third kappa shape index (κ3) is 1.92. The maximum atomic E-state index is 12.8. The van der Waals surface area contributed by atoms with Crippen molar-refractivity contribution in [3.8, 4) is 0 Å². The summed E-state index contributed by atoms with van der Waals surface area (Å²) in [6.45, 7) is 2.07. The molecule has 1 heteroatoms. The Kier molecular flexibility index (Phi) is 2.49. The molecule has 14 heavy (non-hydrogen) atoms. The summed E-state index contributed by atoms with van der Waals surface area (Å²) >= 11 is 0. The quantitative estimate of drug-likeness (QED) is 0.624. The van der Waals surface area contributed by atoms with Crippen molar-refractivity contribution in [1.82, 2.24) is 0 Å². The summed E-state index contributed by atoms with van der Waals surface area (Å²) in [6, 6.07) is 8.37. The second-order valence-electron chi connectivity index (χ2n) is 3.67. The Morgan fingerprint density at radius 3 is 2.29 bits per heavy atom. The van der Waals surface area contributed by atoms with Gasteiger partial charge in [-0.25, -0.2) is 4.39 Å². The molecule has 72 valence electrons. The predicted molar refractivity (Wildman–Crippen MR) is 57.6 cm³/mol. The van der Waals surface area contributed by atoms with Gasteiger partial charge >= 0.3 is 0 Å². The molecule has 0 bridgehead atoms. The lowest BCUT2D eigenvalue weighted by Gasteiger charge is -2.10. The summed E-state index contributed by atoms with van der Waals surface area (Å²) in [5.41, 5.74) is 3.69. The average molecular weight is 188 g/mol. The van der Waals surface area contributed by atoms with Gasteiger partial charge in [-0.2, -0.15) is 0 Å². The van der Waals surface area contributed by atoms with Gasteiger partial charge in [-0.3, -0.25) is 0 Å². The summed E-state index contributed by atoms with van der Waals surface area (Å²) in [5, 5.41) is 0. The van der Waals surface area contributed by atoms with Gasteiger partial charge in [0.25, 0.3) is 0 Å². The van der Waals surface area contributed by atoms with Crippen LogP contribution < -0.4 is 0 Å². The number of halogens is 1. The van der Waals surface area contributed by atoms with E-state index in [1.165, 1.54) is 16.7 Å². The van der Waals surface area contributed by atoms with Crippen LogP contribution in [0.15, 0.2) is 42.2 Å². The molecule has 1 aromatic carbocycles. The van der Waals surface area contributed by atoms with Crippen LogP contribution in [0.4, 0.5) is 4.39 Å². The molecule has 2 rings (SSSR count). The van der Waals surface area contributed by atoms with E-state index in [1.54, 1.807) is 6.08 Å². The zero-order chi connectivity index (χ0) is 9.97. The molecule has 0 amide bonds. The van der Waals surface area contributed by atoms with Crippen LogP contribution in [0.3, 0.4) is 0 Å². The molecular weight excluding hydrogens is 175 g/mol. The zero-order valence-electron chi connectivity index (χ0n) is 8.26. The number of aryl methyl sites for hydroxylation is 1. The Labute approximate surface area is 83.8 Å². The highest BCUT2D eigenvalue weighted by atomic mass is 19.1. The Hall–Kier alpha value is -1.37. The van der Waals surface area contributed by atoms with Crippen LogP contribution in [0.25, 0.3) is 5.57 Å². The molecule has 1 aliphatic carbocycles. The molecule has 0 N–H and O–H groups in total. The number of hydrogen-bond donors (Lipinski definition) is 0. The van der Waals surface area contributed by atoms with Crippen molar-refractivity contribution in [2.24, 2.45) is 0 Å². The largest absolute Gasteiger partial charge is 0.212 e. The van der Waals surface area contributed by atoms with Gasteiger partial charge in [0.2, 0.25) is 0 Å². The first-order valence-electron chi connectivity index (χ1n) is 4.88. The van der Waals surface area contributed by atoms with Crippen molar-refractivity contribution in [2.75, 3.05) is 0 Å². The van der Waals surface area contributed by atoms with E-state index in [1.807, 2.05) is 6.08 Å². The first kappa shape index (κ1) is 9.20. The molecule has 0 nitrogen and oxygen atoms in total. The number of rotatable bonds is 1. The molecule has 0 saturated carbocycles. The van der Waals surface area contributed by atoms with E-state index < -0.39 is 0 Å². The molecule has 0 aromatic heterocycles. The fraction of sp³-hybridized carbons (Fsp3) is 0.231. The van der Waals surface area contributed by atoms with Crippen molar-refractivity contribution in [2.45, 2.75) is 19.8 Å². The molecule has 0 saturated heterocycles. The predicted octanol–water partition coefficient (Wildman–Crippen LogP) is 4.03.